The van der Waals surface area contributed by atoms with Gasteiger partial charge in [0.05, 0.1) is 5.75 Å². The van der Waals surface area contributed by atoms with Gasteiger partial charge in [-0.05, 0) is 25.1 Å². The molecule has 0 spiro atoms. The Hall–Kier alpha value is -2.48. The maximum atomic E-state index is 5.37. The van der Waals surface area contributed by atoms with Gasteiger partial charge in [-0.2, -0.15) is 4.98 Å². The Kier molecular flexibility index (Phi) is 3.66. The third-order valence-electron chi connectivity index (χ3n) is 3.44. The summed E-state index contributed by atoms with van der Waals surface area (Å²) < 4.78 is 18.1. The molecule has 4 rings (SSSR count). The molecule has 0 atom stereocenters. The predicted octanol–water partition coefficient (Wildman–Crippen LogP) is 2.97. The summed E-state index contributed by atoms with van der Waals surface area (Å²) in [5, 5.41) is 4.97. The molecule has 1 aliphatic rings. The van der Waals surface area contributed by atoms with E-state index in [0.29, 0.717) is 23.2 Å². The summed E-state index contributed by atoms with van der Waals surface area (Å²) in [6.07, 6.45) is 3.74. The second kappa shape index (κ2) is 5.96. The monoisotopic (exact) mass is 330 g/mol. The van der Waals surface area contributed by atoms with Crippen molar-refractivity contribution in [1.82, 2.24) is 19.7 Å². The quantitative estimate of drug-likeness (QED) is 0.666. The first kappa shape index (κ1) is 14.1. The zero-order chi connectivity index (χ0) is 15.6. The molecular formula is C15H14N4O3S. The predicted molar refractivity (Wildman–Crippen MR) is 83.3 cm³/mol. The standard InChI is InChI=1S/C15H14N4O3S/c1-2-19-6-5-16-15(19)23-8-13-17-14(18-22-13)10-3-4-11-12(7-10)21-9-20-11/h3-7H,2,8-9H2,1H3. The van der Waals surface area contributed by atoms with E-state index in [1.54, 1.807) is 18.0 Å². The topological polar surface area (TPSA) is 75.2 Å². The van der Waals surface area contributed by atoms with E-state index in [1.165, 1.54) is 0 Å². The fraction of sp³-hybridized carbons (Fsp3) is 0.267. The molecule has 0 radical (unpaired) electrons. The number of hydrogen-bond donors (Lipinski definition) is 0. The summed E-state index contributed by atoms with van der Waals surface area (Å²) in [4.78, 5) is 8.74. The lowest BCUT2D eigenvalue weighted by Gasteiger charge is -2.01. The smallest absolute Gasteiger partial charge is 0.237 e. The second-order valence-electron chi connectivity index (χ2n) is 4.86. The number of aromatic nitrogens is 4. The number of imidazole rings is 1. The molecule has 0 N–H and O–H groups in total. The van der Waals surface area contributed by atoms with Crippen molar-refractivity contribution < 1.29 is 14.0 Å². The van der Waals surface area contributed by atoms with E-state index in [1.807, 2.05) is 24.4 Å². The van der Waals surface area contributed by atoms with Crippen molar-refractivity contribution in [3.05, 3.63) is 36.5 Å². The molecule has 0 fully saturated rings. The van der Waals surface area contributed by atoms with Gasteiger partial charge in [-0.15, -0.1) is 0 Å². The van der Waals surface area contributed by atoms with E-state index in [2.05, 4.69) is 26.6 Å². The lowest BCUT2D eigenvalue weighted by molar-refractivity contribution is 0.174. The van der Waals surface area contributed by atoms with Crippen molar-refractivity contribution in [3.63, 3.8) is 0 Å². The maximum Gasteiger partial charge on any atom is 0.237 e. The Bertz CT molecular complexity index is 830. The number of rotatable bonds is 5. The third kappa shape index (κ3) is 2.77. The molecule has 0 bridgehead atoms. The van der Waals surface area contributed by atoms with Crippen molar-refractivity contribution >= 4 is 11.8 Å². The maximum absolute atomic E-state index is 5.37. The van der Waals surface area contributed by atoms with Crippen molar-refractivity contribution in [2.45, 2.75) is 24.4 Å². The van der Waals surface area contributed by atoms with Gasteiger partial charge in [-0.3, -0.25) is 0 Å². The number of hydrogen-bond acceptors (Lipinski definition) is 7. The van der Waals surface area contributed by atoms with Crippen LogP contribution in [0, 0.1) is 0 Å². The van der Waals surface area contributed by atoms with Gasteiger partial charge in [0.2, 0.25) is 18.5 Å². The molecule has 1 aliphatic heterocycles. The average Bonchev–Trinajstić information content (AvgIpc) is 3.31. The minimum atomic E-state index is 0.247. The van der Waals surface area contributed by atoms with Crippen LogP contribution in [0.15, 0.2) is 40.3 Å². The van der Waals surface area contributed by atoms with Crippen LogP contribution in [-0.4, -0.2) is 26.5 Å². The van der Waals surface area contributed by atoms with Gasteiger partial charge in [0, 0.05) is 24.5 Å². The van der Waals surface area contributed by atoms with Gasteiger partial charge in [0.25, 0.3) is 0 Å². The molecule has 2 aromatic heterocycles. The van der Waals surface area contributed by atoms with Crippen LogP contribution in [-0.2, 0) is 12.3 Å². The van der Waals surface area contributed by atoms with Gasteiger partial charge in [0.15, 0.2) is 16.7 Å². The third-order valence-corrected chi connectivity index (χ3v) is 4.43. The van der Waals surface area contributed by atoms with Gasteiger partial charge >= 0.3 is 0 Å². The van der Waals surface area contributed by atoms with Crippen LogP contribution in [0.4, 0.5) is 0 Å². The molecule has 0 saturated carbocycles. The molecule has 1 aromatic carbocycles. The molecule has 7 nitrogen and oxygen atoms in total. The van der Waals surface area contributed by atoms with Crippen molar-refractivity contribution in [1.29, 1.82) is 0 Å². The fourth-order valence-electron chi connectivity index (χ4n) is 2.27. The SMILES string of the molecule is CCn1ccnc1SCc1nc(-c2ccc3c(c2)OCO3)no1. The number of nitrogens with zero attached hydrogens (tertiary/aromatic N) is 4. The van der Waals surface area contributed by atoms with E-state index >= 15 is 0 Å². The molecule has 0 saturated heterocycles. The van der Waals surface area contributed by atoms with Crippen molar-refractivity contribution in [2.24, 2.45) is 0 Å². The van der Waals surface area contributed by atoms with Gasteiger partial charge in [0.1, 0.15) is 0 Å². The van der Waals surface area contributed by atoms with Gasteiger partial charge < -0.3 is 18.6 Å². The zero-order valence-electron chi connectivity index (χ0n) is 12.4. The van der Waals surface area contributed by atoms with E-state index in [4.69, 9.17) is 14.0 Å². The first-order chi connectivity index (χ1) is 11.3. The zero-order valence-corrected chi connectivity index (χ0v) is 13.2. The number of thioether (sulfide) groups is 1. The minimum absolute atomic E-state index is 0.247. The Morgan fingerprint density at radius 2 is 2.17 bits per heavy atom. The largest absolute Gasteiger partial charge is 0.454 e. The number of fused-ring (bicyclic) bond motifs is 1. The fourth-order valence-corrected chi connectivity index (χ4v) is 3.13. The molecule has 0 aliphatic carbocycles. The molecular weight excluding hydrogens is 316 g/mol. The Labute approximate surface area is 136 Å². The Balaban J connectivity index is 1.48. The van der Waals surface area contributed by atoms with Gasteiger partial charge in [-0.1, -0.05) is 16.9 Å². The summed E-state index contributed by atoms with van der Waals surface area (Å²) in [6, 6.07) is 5.59. The van der Waals surface area contributed by atoms with Crippen molar-refractivity contribution in [3.8, 4) is 22.9 Å². The molecule has 118 valence electrons. The van der Waals surface area contributed by atoms with E-state index in [9.17, 15) is 0 Å². The molecule has 3 heterocycles. The van der Waals surface area contributed by atoms with Crippen LogP contribution in [0.25, 0.3) is 11.4 Å². The molecule has 8 heteroatoms. The highest BCUT2D eigenvalue weighted by Crippen LogP contribution is 2.35. The Morgan fingerprint density at radius 1 is 1.26 bits per heavy atom. The summed E-state index contributed by atoms with van der Waals surface area (Å²) >= 11 is 1.57. The van der Waals surface area contributed by atoms with Crippen LogP contribution in [0.5, 0.6) is 11.5 Å². The van der Waals surface area contributed by atoms with E-state index < -0.39 is 0 Å². The van der Waals surface area contributed by atoms with E-state index in [0.717, 1.165) is 23.0 Å². The number of aryl methyl sites for hydroxylation is 1. The highest BCUT2D eigenvalue weighted by molar-refractivity contribution is 7.98. The number of benzene rings is 1. The van der Waals surface area contributed by atoms with Crippen molar-refractivity contribution in [2.75, 3.05) is 6.79 Å². The van der Waals surface area contributed by atoms with Gasteiger partial charge in [-0.25, -0.2) is 4.98 Å². The van der Waals surface area contributed by atoms with E-state index in [-0.39, 0.29) is 6.79 Å². The lowest BCUT2D eigenvalue weighted by Crippen LogP contribution is -1.94. The lowest BCUT2D eigenvalue weighted by atomic mass is 10.2. The molecule has 3 aromatic rings. The summed E-state index contributed by atoms with van der Waals surface area (Å²) in [6.45, 7) is 3.21. The minimum Gasteiger partial charge on any atom is -0.454 e. The first-order valence-electron chi connectivity index (χ1n) is 7.20. The van der Waals surface area contributed by atoms with Crippen LogP contribution < -0.4 is 9.47 Å². The van der Waals surface area contributed by atoms with Crippen LogP contribution >= 0.6 is 11.8 Å². The molecule has 0 unspecified atom stereocenters. The Morgan fingerprint density at radius 3 is 3.09 bits per heavy atom. The van der Waals surface area contributed by atoms with Crippen LogP contribution in [0.2, 0.25) is 0 Å². The second-order valence-corrected chi connectivity index (χ2v) is 5.81. The summed E-state index contributed by atoms with van der Waals surface area (Å²) in [7, 11) is 0. The summed E-state index contributed by atoms with van der Waals surface area (Å²) in [5.74, 6) is 3.12. The average molecular weight is 330 g/mol. The summed E-state index contributed by atoms with van der Waals surface area (Å²) in [5.41, 5.74) is 0.837. The number of ether oxygens (including phenoxy) is 2. The normalized spacial score (nSPS) is 12.7. The first-order valence-corrected chi connectivity index (χ1v) is 8.18. The van der Waals surface area contributed by atoms with Crippen LogP contribution in [0.1, 0.15) is 12.8 Å². The molecule has 23 heavy (non-hydrogen) atoms. The molecule has 0 amide bonds. The highest BCUT2D eigenvalue weighted by Gasteiger charge is 2.16. The van der Waals surface area contributed by atoms with Crippen LogP contribution in [0.3, 0.4) is 0 Å². The highest BCUT2D eigenvalue weighted by atomic mass is 32.2.